The number of ether oxygens (including phenoxy) is 1. The van der Waals surface area contributed by atoms with Gasteiger partial charge in [0, 0.05) is 45.3 Å². The van der Waals surface area contributed by atoms with E-state index in [9.17, 15) is 5.26 Å². The predicted molar refractivity (Wildman–Crippen MR) is 100 cm³/mol. The van der Waals surface area contributed by atoms with Crippen molar-refractivity contribution in [2.24, 2.45) is 7.05 Å². The Labute approximate surface area is 159 Å². The summed E-state index contributed by atoms with van der Waals surface area (Å²) in [5.41, 5.74) is 0.629. The molecular weight excluding hydrogens is 342 g/mol. The molecule has 0 unspecified atom stereocenters. The van der Waals surface area contributed by atoms with Crippen LogP contribution < -0.4 is 4.90 Å². The lowest BCUT2D eigenvalue weighted by Crippen LogP contribution is -2.37. The number of rotatable bonds is 4. The Morgan fingerprint density at radius 3 is 2.93 bits per heavy atom. The summed E-state index contributed by atoms with van der Waals surface area (Å²) in [6, 6.07) is 5.89. The van der Waals surface area contributed by atoms with Crippen molar-refractivity contribution < 1.29 is 4.74 Å². The fraction of sp³-hybridized carbons (Fsp3) is 0.579. The number of nitriles is 1. The number of nitrogens with zero attached hydrogens (tertiary/aromatic N) is 7. The van der Waals surface area contributed by atoms with Crippen molar-refractivity contribution in [3.05, 3.63) is 35.5 Å². The standard InChI is InChI=1S/C19H25N7O/c1-24-17(14-25-8-10-27-11-9-25)22-23-19(24)16-5-3-7-26(13-16)18-15(12-20)4-2-6-21-18/h2,4,6,16H,3,5,7-11,13-14H2,1H3/t16-/m0/s1. The number of aromatic nitrogens is 4. The van der Waals surface area contributed by atoms with Gasteiger partial charge in [-0.2, -0.15) is 5.26 Å². The Hall–Kier alpha value is -2.50. The van der Waals surface area contributed by atoms with Crippen LogP contribution in [0.15, 0.2) is 18.3 Å². The van der Waals surface area contributed by atoms with Crippen LogP contribution in [0.5, 0.6) is 0 Å². The molecule has 4 heterocycles. The first kappa shape index (κ1) is 17.9. The first-order valence-electron chi connectivity index (χ1n) is 9.54. The maximum Gasteiger partial charge on any atom is 0.146 e. The average molecular weight is 367 g/mol. The molecule has 0 radical (unpaired) electrons. The third-order valence-electron chi connectivity index (χ3n) is 5.46. The molecule has 4 rings (SSSR count). The van der Waals surface area contributed by atoms with E-state index in [2.05, 4.69) is 42.7 Å². The van der Waals surface area contributed by atoms with Crippen molar-refractivity contribution in [3.63, 3.8) is 0 Å². The van der Waals surface area contributed by atoms with Gasteiger partial charge in [-0.15, -0.1) is 10.2 Å². The second-order valence-corrected chi connectivity index (χ2v) is 7.19. The summed E-state index contributed by atoms with van der Waals surface area (Å²) in [6.45, 7) is 5.99. The Morgan fingerprint density at radius 1 is 1.26 bits per heavy atom. The van der Waals surface area contributed by atoms with Gasteiger partial charge in [-0.1, -0.05) is 0 Å². The second-order valence-electron chi connectivity index (χ2n) is 7.19. The second kappa shape index (κ2) is 8.03. The molecule has 0 spiro atoms. The van der Waals surface area contributed by atoms with E-state index in [-0.39, 0.29) is 0 Å². The molecule has 0 bridgehead atoms. The Morgan fingerprint density at radius 2 is 2.11 bits per heavy atom. The molecule has 1 atom stereocenters. The van der Waals surface area contributed by atoms with Crippen LogP contribution in [-0.4, -0.2) is 64.0 Å². The van der Waals surface area contributed by atoms with Crippen molar-refractivity contribution in [2.45, 2.75) is 25.3 Å². The third kappa shape index (κ3) is 3.80. The molecule has 0 aliphatic carbocycles. The molecule has 8 nitrogen and oxygen atoms in total. The van der Waals surface area contributed by atoms with Crippen LogP contribution in [0, 0.1) is 11.3 Å². The van der Waals surface area contributed by atoms with Crippen molar-refractivity contribution in [1.29, 1.82) is 5.26 Å². The molecule has 2 saturated heterocycles. The van der Waals surface area contributed by atoms with Crippen LogP contribution in [0.3, 0.4) is 0 Å². The quantitative estimate of drug-likeness (QED) is 0.805. The van der Waals surface area contributed by atoms with Gasteiger partial charge in [-0.05, 0) is 25.0 Å². The summed E-state index contributed by atoms with van der Waals surface area (Å²) in [4.78, 5) is 9.02. The zero-order valence-corrected chi connectivity index (χ0v) is 15.7. The highest BCUT2D eigenvalue weighted by atomic mass is 16.5. The zero-order chi connectivity index (χ0) is 18.6. The monoisotopic (exact) mass is 367 g/mol. The number of hydrogen-bond acceptors (Lipinski definition) is 7. The molecule has 2 fully saturated rings. The molecule has 0 aromatic carbocycles. The topological polar surface area (TPSA) is 83.1 Å². The number of pyridine rings is 1. The largest absolute Gasteiger partial charge is 0.379 e. The molecule has 2 aromatic rings. The minimum absolute atomic E-state index is 0.295. The molecule has 27 heavy (non-hydrogen) atoms. The molecule has 142 valence electrons. The Balaban J connectivity index is 1.49. The van der Waals surface area contributed by atoms with Gasteiger partial charge in [0.2, 0.25) is 0 Å². The lowest BCUT2D eigenvalue weighted by Gasteiger charge is -2.33. The number of anilines is 1. The highest BCUT2D eigenvalue weighted by Crippen LogP contribution is 2.29. The third-order valence-corrected chi connectivity index (χ3v) is 5.46. The van der Waals surface area contributed by atoms with Crippen LogP contribution in [0.25, 0.3) is 0 Å². The van der Waals surface area contributed by atoms with Gasteiger partial charge in [0.1, 0.15) is 23.5 Å². The summed E-state index contributed by atoms with van der Waals surface area (Å²) in [5, 5.41) is 18.4. The maximum absolute atomic E-state index is 9.38. The zero-order valence-electron chi connectivity index (χ0n) is 15.7. The molecule has 2 aromatic heterocycles. The molecule has 0 amide bonds. The molecular formula is C19H25N7O. The van der Waals surface area contributed by atoms with Crippen LogP contribution in [-0.2, 0) is 18.3 Å². The van der Waals surface area contributed by atoms with E-state index in [0.717, 1.165) is 76.2 Å². The summed E-state index contributed by atoms with van der Waals surface area (Å²) < 4.78 is 7.57. The molecule has 8 heteroatoms. The lowest BCUT2D eigenvalue weighted by atomic mass is 9.96. The van der Waals surface area contributed by atoms with E-state index in [1.807, 2.05) is 12.1 Å². The maximum atomic E-state index is 9.38. The molecule has 0 N–H and O–H groups in total. The minimum atomic E-state index is 0.295. The van der Waals surface area contributed by atoms with Crippen molar-refractivity contribution in [1.82, 2.24) is 24.6 Å². The van der Waals surface area contributed by atoms with Gasteiger partial charge in [-0.25, -0.2) is 4.98 Å². The summed E-state index contributed by atoms with van der Waals surface area (Å²) in [6.07, 6.45) is 3.88. The van der Waals surface area contributed by atoms with Crippen molar-refractivity contribution >= 4 is 5.82 Å². The van der Waals surface area contributed by atoms with E-state index in [1.54, 1.807) is 6.20 Å². The summed E-state index contributed by atoms with van der Waals surface area (Å²) in [5.74, 6) is 3.10. The smallest absolute Gasteiger partial charge is 0.146 e. The number of hydrogen-bond donors (Lipinski definition) is 0. The first-order valence-corrected chi connectivity index (χ1v) is 9.54. The van der Waals surface area contributed by atoms with Crippen molar-refractivity contribution in [3.8, 4) is 6.07 Å². The van der Waals surface area contributed by atoms with Crippen LogP contribution in [0.2, 0.25) is 0 Å². The normalized spacial score (nSPS) is 21.2. The van der Waals surface area contributed by atoms with E-state index >= 15 is 0 Å². The van der Waals surface area contributed by atoms with Crippen molar-refractivity contribution in [2.75, 3.05) is 44.3 Å². The first-order chi connectivity index (χ1) is 13.3. The molecule has 2 aliphatic heterocycles. The lowest BCUT2D eigenvalue weighted by molar-refractivity contribution is 0.0326. The van der Waals surface area contributed by atoms with E-state index < -0.39 is 0 Å². The fourth-order valence-corrected chi connectivity index (χ4v) is 3.94. The number of morpholine rings is 1. The van der Waals surface area contributed by atoms with Gasteiger partial charge >= 0.3 is 0 Å². The van der Waals surface area contributed by atoms with Crippen LogP contribution >= 0.6 is 0 Å². The highest BCUT2D eigenvalue weighted by Gasteiger charge is 2.28. The Bertz CT molecular complexity index is 822. The van der Waals surface area contributed by atoms with Gasteiger partial charge in [0.15, 0.2) is 0 Å². The minimum Gasteiger partial charge on any atom is -0.379 e. The number of piperidine rings is 1. The average Bonchev–Trinajstić information content (AvgIpc) is 3.09. The van der Waals surface area contributed by atoms with Crippen LogP contribution in [0.1, 0.15) is 36.0 Å². The van der Waals surface area contributed by atoms with E-state index in [4.69, 9.17) is 4.74 Å². The SMILES string of the molecule is Cn1c(CN2CCOCC2)nnc1[C@H]1CCCN(c2ncccc2C#N)C1. The highest BCUT2D eigenvalue weighted by molar-refractivity contribution is 5.53. The summed E-state index contributed by atoms with van der Waals surface area (Å²) >= 11 is 0. The van der Waals surface area contributed by atoms with Gasteiger partial charge < -0.3 is 14.2 Å². The van der Waals surface area contributed by atoms with Gasteiger partial charge in [0.05, 0.1) is 25.3 Å². The Kier molecular flexibility index (Phi) is 5.32. The molecule has 2 aliphatic rings. The van der Waals surface area contributed by atoms with E-state index in [1.165, 1.54) is 0 Å². The molecule has 0 saturated carbocycles. The van der Waals surface area contributed by atoms with E-state index in [0.29, 0.717) is 11.5 Å². The van der Waals surface area contributed by atoms with Gasteiger partial charge in [-0.3, -0.25) is 4.90 Å². The summed E-state index contributed by atoms with van der Waals surface area (Å²) in [7, 11) is 2.06. The fourth-order valence-electron chi connectivity index (χ4n) is 3.94. The predicted octanol–water partition coefficient (Wildman–Crippen LogP) is 1.30. The van der Waals surface area contributed by atoms with Crippen LogP contribution in [0.4, 0.5) is 5.82 Å². The van der Waals surface area contributed by atoms with Gasteiger partial charge in [0.25, 0.3) is 0 Å².